The predicted molar refractivity (Wildman–Crippen MR) is 120 cm³/mol. The molecule has 2 heterocycles. The van der Waals surface area contributed by atoms with Crippen molar-refractivity contribution in [3.8, 4) is 11.3 Å². The van der Waals surface area contributed by atoms with Gasteiger partial charge < -0.3 is 11.1 Å². The van der Waals surface area contributed by atoms with E-state index in [0.717, 1.165) is 43.0 Å². The lowest BCUT2D eigenvalue weighted by molar-refractivity contribution is 0.102. The highest BCUT2D eigenvalue weighted by Gasteiger charge is 2.28. The van der Waals surface area contributed by atoms with Crippen molar-refractivity contribution in [3.05, 3.63) is 77.0 Å². The first-order valence-electron chi connectivity index (χ1n) is 10.9. The number of hydrogen-bond acceptors (Lipinski definition) is 4. The smallest absolute Gasteiger partial charge is 0.274 e. The Morgan fingerprint density at radius 2 is 1.79 bits per heavy atom. The second-order valence-electron chi connectivity index (χ2n) is 8.82. The van der Waals surface area contributed by atoms with E-state index in [1.54, 1.807) is 12.4 Å². The number of amides is 1. The van der Waals surface area contributed by atoms with E-state index < -0.39 is 34.6 Å². The van der Waals surface area contributed by atoms with Gasteiger partial charge in [0.15, 0.2) is 0 Å². The van der Waals surface area contributed by atoms with Crippen molar-refractivity contribution in [1.82, 2.24) is 9.97 Å². The minimum Gasteiger partial charge on any atom is -0.328 e. The number of rotatable bonds is 4. The summed E-state index contributed by atoms with van der Waals surface area (Å²) in [4.78, 5) is 21.0. The third kappa shape index (κ3) is 4.90. The minimum absolute atomic E-state index is 0.0797. The van der Waals surface area contributed by atoms with Crippen molar-refractivity contribution in [2.45, 2.75) is 45.1 Å². The predicted octanol–water partition coefficient (Wildman–Crippen LogP) is 5.35. The Morgan fingerprint density at radius 3 is 2.48 bits per heavy atom. The number of halogens is 3. The number of nitrogens with two attached hydrogens (primary N) is 1. The zero-order chi connectivity index (χ0) is 23.7. The van der Waals surface area contributed by atoms with E-state index in [1.807, 2.05) is 6.07 Å². The van der Waals surface area contributed by atoms with Crippen LogP contribution in [-0.2, 0) is 0 Å². The largest absolute Gasteiger partial charge is 0.328 e. The van der Waals surface area contributed by atoms with Gasteiger partial charge in [-0.1, -0.05) is 6.92 Å². The van der Waals surface area contributed by atoms with Crippen molar-refractivity contribution >= 4 is 11.6 Å². The maximum absolute atomic E-state index is 14.4. The first-order chi connectivity index (χ1) is 15.7. The molecule has 4 rings (SSSR count). The van der Waals surface area contributed by atoms with Crippen molar-refractivity contribution in [1.29, 1.82) is 0 Å². The molecule has 1 aromatic carbocycles. The van der Waals surface area contributed by atoms with E-state index in [-0.39, 0.29) is 17.7 Å². The molecule has 1 aliphatic carbocycles. The lowest BCUT2D eigenvalue weighted by Gasteiger charge is -2.32. The molecule has 2 aromatic heterocycles. The average Bonchev–Trinajstić information content (AvgIpc) is 2.74. The summed E-state index contributed by atoms with van der Waals surface area (Å²) in [6.45, 7) is 3.67. The van der Waals surface area contributed by atoms with Crippen LogP contribution in [0.25, 0.3) is 11.3 Å². The molecule has 0 radical (unpaired) electrons. The van der Waals surface area contributed by atoms with Crippen LogP contribution < -0.4 is 11.1 Å². The van der Waals surface area contributed by atoms with Crippen LogP contribution in [0.5, 0.6) is 0 Å². The second kappa shape index (κ2) is 9.31. The van der Waals surface area contributed by atoms with Gasteiger partial charge in [-0.3, -0.25) is 9.78 Å². The highest BCUT2D eigenvalue weighted by Crippen LogP contribution is 2.38. The third-order valence-corrected chi connectivity index (χ3v) is 6.02. The fourth-order valence-electron chi connectivity index (χ4n) is 4.63. The summed E-state index contributed by atoms with van der Waals surface area (Å²) in [6, 6.07) is 6.25. The summed E-state index contributed by atoms with van der Waals surface area (Å²) < 4.78 is 43.3. The van der Waals surface area contributed by atoms with Crippen LogP contribution in [0.15, 0.2) is 42.7 Å². The van der Waals surface area contributed by atoms with E-state index in [9.17, 15) is 18.0 Å². The molecule has 0 bridgehead atoms. The molecule has 0 saturated heterocycles. The maximum Gasteiger partial charge on any atom is 0.274 e. The van der Waals surface area contributed by atoms with E-state index in [4.69, 9.17) is 5.73 Å². The Labute approximate surface area is 190 Å². The summed E-state index contributed by atoms with van der Waals surface area (Å²) >= 11 is 0. The van der Waals surface area contributed by atoms with Crippen LogP contribution in [0, 0.1) is 30.3 Å². The van der Waals surface area contributed by atoms with Gasteiger partial charge >= 0.3 is 0 Å². The molecule has 1 saturated carbocycles. The molecule has 3 aromatic rings. The monoisotopic (exact) mass is 454 g/mol. The zero-order valence-electron chi connectivity index (χ0n) is 18.4. The number of pyridine rings is 2. The molecule has 0 unspecified atom stereocenters. The van der Waals surface area contributed by atoms with Crippen LogP contribution in [0.3, 0.4) is 0 Å². The molecule has 0 aliphatic heterocycles. The van der Waals surface area contributed by atoms with Gasteiger partial charge in [0.25, 0.3) is 5.91 Å². The SMILES string of the molecule is Cc1cc(F)c(-c2nc(C(=O)Nc3cnccc3[C@H]3C[C@H](C)C[C@H](N)C3)ccc2F)c(F)c1. The Kier molecular flexibility index (Phi) is 6.47. The van der Waals surface area contributed by atoms with Crippen LogP contribution in [0.2, 0.25) is 0 Å². The number of hydrogen-bond donors (Lipinski definition) is 2. The normalized spacial score (nSPS) is 20.5. The summed E-state index contributed by atoms with van der Waals surface area (Å²) in [5, 5.41) is 2.78. The van der Waals surface area contributed by atoms with E-state index in [2.05, 4.69) is 22.2 Å². The van der Waals surface area contributed by atoms with Gasteiger partial charge in [-0.2, -0.15) is 0 Å². The van der Waals surface area contributed by atoms with Crippen LogP contribution in [0.1, 0.15) is 53.7 Å². The third-order valence-electron chi connectivity index (χ3n) is 6.02. The lowest BCUT2D eigenvalue weighted by atomic mass is 9.76. The van der Waals surface area contributed by atoms with Crippen molar-refractivity contribution in [2.24, 2.45) is 11.7 Å². The number of carbonyl (C=O) groups is 1. The number of anilines is 1. The fraction of sp³-hybridized carbons (Fsp3) is 0.320. The standard InChI is InChI=1S/C25H25F3N4O/c1-13-7-15(11-16(29)8-13)17-5-6-30-12-22(17)32-25(33)21-4-3-18(26)24(31-21)23-19(27)9-14(2)10-20(23)28/h3-6,9-10,12-13,15-16H,7-8,11,29H2,1-2H3,(H,32,33)/t13-,15-,16-/m0/s1. The molecule has 3 N–H and O–H groups in total. The summed E-state index contributed by atoms with van der Waals surface area (Å²) in [5.74, 6) is -2.85. The average molecular weight is 454 g/mol. The van der Waals surface area contributed by atoms with Crippen molar-refractivity contribution in [2.75, 3.05) is 5.32 Å². The highest BCUT2D eigenvalue weighted by atomic mass is 19.1. The fourth-order valence-corrected chi connectivity index (χ4v) is 4.63. The van der Waals surface area contributed by atoms with E-state index in [1.165, 1.54) is 13.0 Å². The number of aromatic nitrogens is 2. The van der Waals surface area contributed by atoms with Gasteiger partial charge in [0, 0.05) is 12.2 Å². The quantitative estimate of drug-likeness (QED) is 0.557. The summed E-state index contributed by atoms with van der Waals surface area (Å²) in [7, 11) is 0. The second-order valence-corrected chi connectivity index (χ2v) is 8.82. The number of carbonyl (C=O) groups excluding carboxylic acids is 1. The molecule has 8 heteroatoms. The first-order valence-corrected chi connectivity index (χ1v) is 10.9. The molecule has 0 spiro atoms. The molecule has 5 nitrogen and oxygen atoms in total. The first kappa shape index (κ1) is 22.9. The van der Waals surface area contributed by atoms with Crippen molar-refractivity contribution < 1.29 is 18.0 Å². The topological polar surface area (TPSA) is 80.9 Å². The Morgan fingerprint density at radius 1 is 1.06 bits per heavy atom. The maximum atomic E-state index is 14.4. The lowest BCUT2D eigenvalue weighted by Crippen LogP contribution is -2.31. The van der Waals surface area contributed by atoms with Gasteiger partial charge in [-0.15, -0.1) is 0 Å². The number of nitrogens with zero attached hydrogens (tertiary/aromatic N) is 2. The Hall–Kier alpha value is -3.26. The molecule has 3 atom stereocenters. The van der Waals surface area contributed by atoms with Gasteiger partial charge in [0.05, 0.1) is 17.4 Å². The molecule has 172 valence electrons. The van der Waals surface area contributed by atoms with E-state index >= 15 is 0 Å². The van der Waals surface area contributed by atoms with Crippen LogP contribution >= 0.6 is 0 Å². The molecule has 33 heavy (non-hydrogen) atoms. The molecular weight excluding hydrogens is 429 g/mol. The van der Waals surface area contributed by atoms with Gasteiger partial charge in [-0.05, 0) is 79.5 Å². The minimum atomic E-state index is -0.950. The van der Waals surface area contributed by atoms with Gasteiger partial charge in [0.2, 0.25) is 0 Å². The van der Waals surface area contributed by atoms with Gasteiger partial charge in [0.1, 0.15) is 28.8 Å². The van der Waals surface area contributed by atoms with E-state index in [0.29, 0.717) is 17.2 Å². The highest BCUT2D eigenvalue weighted by molar-refractivity contribution is 6.03. The molecule has 1 aliphatic rings. The number of nitrogens with one attached hydrogen (secondary N) is 1. The Balaban J connectivity index is 1.64. The zero-order valence-corrected chi connectivity index (χ0v) is 18.4. The van der Waals surface area contributed by atoms with Crippen LogP contribution in [0.4, 0.5) is 18.9 Å². The molecular formula is C25H25F3N4O. The summed E-state index contributed by atoms with van der Waals surface area (Å²) in [5.41, 5.74) is 6.64. The number of benzene rings is 1. The molecule has 1 amide bonds. The molecule has 1 fully saturated rings. The van der Waals surface area contributed by atoms with Gasteiger partial charge in [-0.25, -0.2) is 18.2 Å². The Bertz CT molecular complexity index is 1170. The number of aryl methyl sites for hydroxylation is 1. The van der Waals surface area contributed by atoms with Crippen molar-refractivity contribution in [3.63, 3.8) is 0 Å². The van der Waals surface area contributed by atoms with Crippen LogP contribution in [-0.4, -0.2) is 21.9 Å². The summed E-state index contributed by atoms with van der Waals surface area (Å²) in [6.07, 6.45) is 5.89.